The average molecular weight is 232 g/mol. The van der Waals surface area contributed by atoms with Gasteiger partial charge in [0.1, 0.15) is 0 Å². The molecule has 0 unspecified atom stereocenters. The fourth-order valence-corrected chi connectivity index (χ4v) is 2.53. The third-order valence-corrected chi connectivity index (χ3v) is 4.17. The van der Waals surface area contributed by atoms with Gasteiger partial charge in [-0.3, -0.25) is 0 Å². The van der Waals surface area contributed by atoms with Gasteiger partial charge in [0.2, 0.25) is 0 Å². The minimum absolute atomic E-state index is 0.801. The Balaban J connectivity index is 1.67. The molecule has 2 fully saturated rings. The van der Waals surface area contributed by atoms with Crippen molar-refractivity contribution in [2.75, 3.05) is 19.6 Å². The van der Waals surface area contributed by atoms with Crippen molar-refractivity contribution in [2.24, 2.45) is 5.92 Å². The van der Waals surface area contributed by atoms with Gasteiger partial charge in [0.05, 0.1) is 0 Å². The molecule has 70 valence electrons. The Morgan fingerprint density at radius 1 is 1.08 bits per heavy atom. The number of hydrogen-bond acceptors (Lipinski definition) is 1. The van der Waals surface area contributed by atoms with E-state index < -0.39 is 0 Å². The smallest absolute Gasteiger partial charge is 0.0170 e. The van der Waals surface area contributed by atoms with Crippen LogP contribution in [0.25, 0.3) is 0 Å². The van der Waals surface area contributed by atoms with E-state index in [0.717, 1.165) is 10.7 Å². The van der Waals surface area contributed by atoms with Crippen LogP contribution in [0.4, 0.5) is 0 Å². The standard InChI is InChI=1S/C10H18BrN/c11-10-4-6-12(7-5-10)8-9-2-1-3-9/h9-10H,1-8H2. The van der Waals surface area contributed by atoms with Crippen LogP contribution in [0.15, 0.2) is 0 Å². The lowest BCUT2D eigenvalue weighted by molar-refractivity contribution is 0.158. The van der Waals surface area contributed by atoms with Crippen LogP contribution in [0, 0.1) is 5.92 Å². The summed E-state index contributed by atoms with van der Waals surface area (Å²) < 4.78 is 0. The molecule has 0 N–H and O–H groups in total. The molecule has 0 aromatic rings. The van der Waals surface area contributed by atoms with Gasteiger partial charge in [0, 0.05) is 11.4 Å². The largest absolute Gasteiger partial charge is 0.303 e. The molecule has 0 aromatic carbocycles. The van der Waals surface area contributed by atoms with E-state index in [2.05, 4.69) is 20.8 Å². The lowest BCUT2D eigenvalue weighted by atomic mass is 9.85. The fraction of sp³-hybridized carbons (Fsp3) is 1.00. The van der Waals surface area contributed by atoms with Crippen molar-refractivity contribution in [3.63, 3.8) is 0 Å². The number of rotatable bonds is 2. The van der Waals surface area contributed by atoms with Crippen molar-refractivity contribution >= 4 is 15.9 Å². The van der Waals surface area contributed by atoms with Gasteiger partial charge < -0.3 is 4.90 Å². The zero-order valence-corrected chi connectivity index (χ0v) is 9.22. The predicted octanol–water partition coefficient (Wildman–Crippen LogP) is 2.65. The van der Waals surface area contributed by atoms with Gasteiger partial charge in [0.25, 0.3) is 0 Å². The second-order valence-corrected chi connectivity index (χ2v) is 5.57. The summed E-state index contributed by atoms with van der Waals surface area (Å²) in [7, 11) is 0. The molecule has 12 heavy (non-hydrogen) atoms. The first-order valence-electron chi connectivity index (χ1n) is 5.21. The van der Waals surface area contributed by atoms with Crippen LogP contribution in [0.2, 0.25) is 0 Å². The highest BCUT2D eigenvalue weighted by Gasteiger charge is 2.23. The first-order valence-corrected chi connectivity index (χ1v) is 6.12. The molecular formula is C10H18BrN. The molecule has 1 aliphatic heterocycles. The van der Waals surface area contributed by atoms with Crippen molar-refractivity contribution in [1.82, 2.24) is 4.90 Å². The van der Waals surface area contributed by atoms with Crippen LogP contribution in [0.1, 0.15) is 32.1 Å². The van der Waals surface area contributed by atoms with E-state index in [9.17, 15) is 0 Å². The Labute approximate surface area is 83.6 Å². The number of alkyl halides is 1. The van der Waals surface area contributed by atoms with Gasteiger partial charge in [0.15, 0.2) is 0 Å². The summed E-state index contributed by atoms with van der Waals surface area (Å²) in [4.78, 5) is 3.46. The van der Waals surface area contributed by atoms with Crippen LogP contribution < -0.4 is 0 Å². The fourth-order valence-electron chi connectivity index (χ4n) is 2.12. The molecule has 1 saturated heterocycles. The zero-order valence-electron chi connectivity index (χ0n) is 7.64. The Morgan fingerprint density at radius 3 is 2.25 bits per heavy atom. The van der Waals surface area contributed by atoms with E-state index in [4.69, 9.17) is 0 Å². The number of nitrogens with zero attached hydrogens (tertiary/aromatic N) is 1. The summed E-state index contributed by atoms with van der Waals surface area (Å²) in [5.41, 5.74) is 0. The minimum Gasteiger partial charge on any atom is -0.303 e. The molecule has 2 heteroatoms. The van der Waals surface area contributed by atoms with Crippen LogP contribution in [-0.4, -0.2) is 29.4 Å². The Kier molecular flexibility index (Phi) is 3.08. The van der Waals surface area contributed by atoms with Gasteiger partial charge in [-0.2, -0.15) is 0 Å². The second kappa shape index (κ2) is 4.10. The summed E-state index contributed by atoms with van der Waals surface area (Å²) in [6.07, 6.45) is 7.18. The molecule has 2 rings (SSSR count). The maximum Gasteiger partial charge on any atom is 0.0170 e. The molecule has 1 nitrogen and oxygen atoms in total. The second-order valence-electron chi connectivity index (χ2n) is 4.27. The van der Waals surface area contributed by atoms with E-state index >= 15 is 0 Å². The molecule has 0 amide bonds. The van der Waals surface area contributed by atoms with Crippen molar-refractivity contribution in [2.45, 2.75) is 36.9 Å². The van der Waals surface area contributed by atoms with Crippen molar-refractivity contribution < 1.29 is 0 Å². The van der Waals surface area contributed by atoms with Crippen LogP contribution >= 0.6 is 15.9 Å². The topological polar surface area (TPSA) is 3.24 Å². The predicted molar refractivity (Wildman–Crippen MR) is 55.7 cm³/mol. The summed E-state index contributed by atoms with van der Waals surface area (Å²) in [5, 5.41) is 0. The van der Waals surface area contributed by atoms with E-state index in [1.54, 1.807) is 0 Å². The molecule has 1 saturated carbocycles. The molecule has 1 heterocycles. The highest BCUT2D eigenvalue weighted by atomic mass is 79.9. The third-order valence-electron chi connectivity index (χ3n) is 3.26. The van der Waals surface area contributed by atoms with Crippen LogP contribution in [0.3, 0.4) is 0 Å². The van der Waals surface area contributed by atoms with E-state index in [1.807, 2.05) is 0 Å². The Morgan fingerprint density at radius 2 is 1.75 bits per heavy atom. The number of halogens is 1. The third kappa shape index (κ3) is 2.23. The van der Waals surface area contributed by atoms with Gasteiger partial charge in [-0.15, -0.1) is 0 Å². The highest BCUT2D eigenvalue weighted by Crippen LogP contribution is 2.28. The summed E-state index contributed by atoms with van der Waals surface area (Å²) in [6, 6.07) is 0. The molecular weight excluding hydrogens is 214 g/mol. The SMILES string of the molecule is BrC1CCN(CC2CCC2)CC1. The molecule has 0 aromatic heterocycles. The summed E-state index contributed by atoms with van der Waals surface area (Å²) >= 11 is 3.69. The molecule has 0 radical (unpaired) electrons. The zero-order chi connectivity index (χ0) is 8.39. The summed E-state index contributed by atoms with van der Waals surface area (Å²) in [5.74, 6) is 1.05. The molecule has 1 aliphatic carbocycles. The lowest BCUT2D eigenvalue weighted by Gasteiger charge is -2.35. The molecule has 2 aliphatic rings. The van der Waals surface area contributed by atoms with Crippen LogP contribution in [-0.2, 0) is 0 Å². The van der Waals surface area contributed by atoms with Crippen LogP contribution in [0.5, 0.6) is 0 Å². The minimum atomic E-state index is 0.801. The lowest BCUT2D eigenvalue weighted by Crippen LogP contribution is -2.38. The van der Waals surface area contributed by atoms with Gasteiger partial charge in [-0.25, -0.2) is 0 Å². The first-order chi connectivity index (χ1) is 5.84. The Bertz CT molecular complexity index is 137. The van der Waals surface area contributed by atoms with E-state index in [0.29, 0.717) is 0 Å². The van der Waals surface area contributed by atoms with E-state index in [1.165, 1.54) is 51.7 Å². The van der Waals surface area contributed by atoms with E-state index in [-0.39, 0.29) is 0 Å². The number of piperidine rings is 1. The quantitative estimate of drug-likeness (QED) is 0.661. The van der Waals surface area contributed by atoms with Gasteiger partial charge in [-0.05, 0) is 44.7 Å². The van der Waals surface area contributed by atoms with Crippen molar-refractivity contribution in [3.8, 4) is 0 Å². The maximum atomic E-state index is 3.69. The average Bonchev–Trinajstić information content (AvgIpc) is 2.00. The number of likely N-dealkylation sites (tertiary alicyclic amines) is 1. The normalized spacial score (nSPS) is 28.8. The number of hydrogen-bond donors (Lipinski definition) is 0. The summed E-state index contributed by atoms with van der Waals surface area (Å²) in [6.45, 7) is 4.04. The molecule has 0 bridgehead atoms. The highest BCUT2D eigenvalue weighted by molar-refractivity contribution is 9.09. The Hall–Kier alpha value is 0.440. The monoisotopic (exact) mass is 231 g/mol. The molecule has 0 atom stereocenters. The van der Waals surface area contributed by atoms with Gasteiger partial charge in [-0.1, -0.05) is 22.4 Å². The van der Waals surface area contributed by atoms with Gasteiger partial charge >= 0.3 is 0 Å². The van der Waals surface area contributed by atoms with Crippen molar-refractivity contribution in [1.29, 1.82) is 0 Å². The first kappa shape index (κ1) is 9.01. The maximum absolute atomic E-state index is 3.69. The molecule has 0 spiro atoms. The van der Waals surface area contributed by atoms with Crippen molar-refractivity contribution in [3.05, 3.63) is 0 Å².